The second-order valence-electron chi connectivity index (χ2n) is 5.52. The van der Waals surface area contributed by atoms with Gasteiger partial charge in [0.1, 0.15) is 5.82 Å². The predicted octanol–water partition coefficient (Wildman–Crippen LogP) is 3.90. The Morgan fingerprint density at radius 1 is 1.35 bits per heavy atom. The highest BCUT2D eigenvalue weighted by molar-refractivity contribution is 7.09. The van der Waals surface area contributed by atoms with Crippen molar-refractivity contribution < 1.29 is 0 Å². The van der Waals surface area contributed by atoms with Crippen molar-refractivity contribution in [3.8, 4) is 0 Å². The Labute approximate surface area is 108 Å². The van der Waals surface area contributed by atoms with E-state index in [2.05, 4.69) is 35.4 Å². The number of hydrogen-bond acceptors (Lipinski definition) is 4. The Morgan fingerprint density at radius 3 is 2.76 bits per heavy atom. The lowest BCUT2D eigenvalue weighted by Crippen LogP contribution is -2.24. The molecule has 2 unspecified atom stereocenters. The minimum absolute atomic E-state index is 0.426. The Hall–Kier alpha value is -0.640. The number of nitrogens with zero attached hydrogens (tertiary/aromatic N) is 2. The van der Waals surface area contributed by atoms with Gasteiger partial charge in [0, 0.05) is 24.0 Å². The van der Waals surface area contributed by atoms with Crippen molar-refractivity contribution in [3.05, 3.63) is 5.82 Å². The molecule has 96 valence electrons. The van der Waals surface area contributed by atoms with Gasteiger partial charge in [0.05, 0.1) is 0 Å². The van der Waals surface area contributed by atoms with Crippen molar-refractivity contribution in [2.24, 2.45) is 11.8 Å². The Kier molecular flexibility index (Phi) is 4.37. The largest absolute Gasteiger partial charge is 0.360 e. The van der Waals surface area contributed by atoms with Crippen LogP contribution in [0, 0.1) is 11.8 Å². The first-order chi connectivity index (χ1) is 8.16. The average molecular weight is 253 g/mol. The molecule has 1 aromatic rings. The van der Waals surface area contributed by atoms with Crippen LogP contribution in [0.5, 0.6) is 0 Å². The first-order valence-corrected chi connectivity index (χ1v) is 7.51. The summed E-state index contributed by atoms with van der Waals surface area (Å²) in [4.78, 5) is 4.52. The van der Waals surface area contributed by atoms with E-state index >= 15 is 0 Å². The molecule has 1 N–H and O–H groups in total. The molecular weight excluding hydrogens is 230 g/mol. The average Bonchev–Trinajstić information content (AvgIpc) is 2.77. The second-order valence-corrected chi connectivity index (χ2v) is 6.27. The van der Waals surface area contributed by atoms with E-state index in [0.717, 1.165) is 29.3 Å². The zero-order valence-corrected chi connectivity index (χ0v) is 11.9. The normalized spacial score (nSPS) is 25.2. The molecule has 0 aliphatic heterocycles. The molecular formula is C13H23N3S. The molecule has 1 aliphatic carbocycles. The van der Waals surface area contributed by atoms with Gasteiger partial charge in [-0.15, -0.1) is 0 Å². The van der Waals surface area contributed by atoms with Crippen LogP contribution in [0.15, 0.2) is 0 Å². The van der Waals surface area contributed by atoms with Crippen molar-refractivity contribution in [1.82, 2.24) is 9.36 Å². The van der Waals surface area contributed by atoms with E-state index in [9.17, 15) is 0 Å². The van der Waals surface area contributed by atoms with E-state index in [0.29, 0.717) is 5.92 Å². The summed E-state index contributed by atoms with van der Waals surface area (Å²) in [5.41, 5.74) is 0. The third-order valence-electron chi connectivity index (χ3n) is 3.76. The minimum Gasteiger partial charge on any atom is -0.360 e. The molecule has 0 amide bonds. The van der Waals surface area contributed by atoms with Crippen LogP contribution in [-0.4, -0.2) is 15.9 Å². The molecule has 1 aliphatic rings. The molecule has 17 heavy (non-hydrogen) atoms. The molecule has 4 heteroatoms. The number of nitrogens with one attached hydrogen (secondary N) is 1. The SMILES string of the molecule is CC(C)c1nsc(NCC2CCCCC2C)n1. The Morgan fingerprint density at radius 2 is 2.12 bits per heavy atom. The summed E-state index contributed by atoms with van der Waals surface area (Å²) in [6.45, 7) is 7.71. The number of anilines is 1. The fraction of sp³-hybridized carbons (Fsp3) is 0.846. The smallest absolute Gasteiger partial charge is 0.202 e. The monoisotopic (exact) mass is 253 g/mol. The van der Waals surface area contributed by atoms with Crippen LogP contribution in [0.2, 0.25) is 0 Å². The van der Waals surface area contributed by atoms with E-state index in [1.54, 1.807) is 0 Å². The molecule has 1 heterocycles. The number of hydrogen-bond donors (Lipinski definition) is 1. The van der Waals surface area contributed by atoms with Crippen LogP contribution in [0.25, 0.3) is 0 Å². The summed E-state index contributed by atoms with van der Waals surface area (Å²) >= 11 is 1.50. The van der Waals surface area contributed by atoms with Gasteiger partial charge < -0.3 is 5.32 Å². The maximum absolute atomic E-state index is 4.52. The van der Waals surface area contributed by atoms with Crippen molar-refractivity contribution in [3.63, 3.8) is 0 Å². The molecule has 3 nitrogen and oxygen atoms in total. The molecule has 1 fully saturated rings. The molecule has 0 spiro atoms. The quantitative estimate of drug-likeness (QED) is 0.884. The van der Waals surface area contributed by atoms with Crippen molar-refractivity contribution >= 4 is 16.7 Å². The van der Waals surface area contributed by atoms with Gasteiger partial charge in [-0.3, -0.25) is 0 Å². The summed E-state index contributed by atoms with van der Waals surface area (Å²) in [6.07, 6.45) is 5.56. The van der Waals surface area contributed by atoms with Gasteiger partial charge >= 0.3 is 0 Å². The molecule has 1 aromatic heterocycles. The zero-order valence-electron chi connectivity index (χ0n) is 11.1. The maximum Gasteiger partial charge on any atom is 0.202 e. The highest BCUT2D eigenvalue weighted by atomic mass is 32.1. The fourth-order valence-corrected chi connectivity index (χ4v) is 3.17. The van der Waals surface area contributed by atoms with Crippen LogP contribution >= 0.6 is 11.5 Å². The van der Waals surface area contributed by atoms with E-state index in [1.165, 1.54) is 37.2 Å². The van der Waals surface area contributed by atoms with Crippen molar-refractivity contribution in [2.45, 2.75) is 52.4 Å². The van der Waals surface area contributed by atoms with Crippen LogP contribution in [-0.2, 0) is 0 Å². The summed E-state index contributed by atoms with van der Waals surface area (Å²) in [5, 5.41) is 4.46. The second kappa shape index (κ2) is 5.80. The van der Waals surface area contributed by atoms with Crippen LogP contribution in [0.1, 0.15) is 58.2 Å². The van der Waals surface area contributed by atoms with Crippen LogP contribution in [0.3, 0.4) is 0 Å². The first-order valence-electron chi connectivity index (χ1n) is 6.74. The van der Waals surface area contributed by atoms with Crippen LogP contribution < -0.4 is 5.32 Å². The van der Waals surface area contributed by atoms with E-state index in [-0.39, 0.29) is 0 Å². The van der Waals surface area contributed by atoms with Crippen molar-refractivity contribution in [2.75, 3.05) is 11.9 Å². The van der Waals surface area contributed by atoms with Gasteiger partial charge in [-0.2, -0.15) is 4.37 Å². The van der Waals surface area contributed by atoms with Gasteiger partial charge in [0.15, 0.2) is 0 Å². The number of rotatable bonds is 4. The topological polar surface area (TPSA) is 37.8 Å². The summed E-state index contributed by atoms with van der Waals surface area (Å²) in [5.74, 6) is 3.06. The lowest BCUT2D eigenvalue weighted by atomic mass is 9.80. The predicted molar refractivity (Wildman–Crippen MR) is 73.6 cm³/mol. The molecule has 2 atom stereocenters. The Bertz CT molecular complexity index is 348. The molecule has 0 bridgehead atoms. The van der Waals surface area contributed by atoms with Gasteiger partial charge in [-0.05, 0) is 18.3 Å². The number of aromatic nitrogens is 2. The van der Waals surface area contributed by atoms with Gasteiger partial charge in [0.25, 0.3) is 0 Å². The highest BCUT2D eigenvalue weighted by Crippen LogP contribution is 2.30. The molecule has 0 radical (unpaired) electrons. The summed E-state index contributed by atoms with van der Waals surface area (Å²) in [6, 6.07) is 0. The lowest BCUT2D eigenvalue weighted by Gasteiger charge is -2.28. The van der Waals surface area contributed by atoms with Gasteiger partial charge in [-0.25, -0.2) is 4.98 Å². The van der Waals surface area contributed by atoms with Crippen LogP contribution in [0.4, 0.5) is 5.13 Å². The van der Waals surface area contributed by atoms with Gasteiger partial charge in [0.2, 0.25) is 5.13 Å². The zero-order chi connectivity index (χ0) is 12.3. The molecule has 0 saturated heterocycles. The first kappa shape index (κ1) is 12.8. The lowest BCUT2D eigenvalue weighted by molar-refractivity contribution is 0.268. The maximum atomic E-state index is 4.52. The fourth-order valence-electron chi connectivity index (χ4n) is 2.46. The molecule has 1 saturated carbocycles. The van der Waals surface area contributed by atoms with E-state index < -0.39 is 0 Å². The van der Waals surface area contributed by atoms with E-state index in [1.807, 2.05) is 0 Å². The Balaban J connectivity index is 1.84. The molecule has 0 aromatic carbocycles. The standard InChI is InChI=1S/C13H23N3S/c1-9(2)12-15-13(17-16-12)14-8-11-7-5-4-6-10(11)3/h9-11H,4-8H2,1-3H3,(H,14,15,16). The highest BCUT2D eigenvalue weighted by Gasteiger charge is 2.21. The third-order valence-corrected chi connectivity index (χ3v) is 4.45. The van der Waals surface area contributed by atoms with E-state index in [4.69, 9.17) is 0 Å². The summed E-state index contributed by atoms with van der Waals surface area (Å²) in [7, 11) is 0. The third kappa shape index (κ3) is 3.41. The molecule has 2 rings (SSSR count). The van der Waals surface area contributed by atoms with Gasteiger partial charge in [-0.1, -0.05) is 40.0 Å². The van der Waals surface area contributed by atoms with Crippen molar-refractivity contribution in [1.29, 1.82) is 0 Å². The minimum atomic E-state index is 0.426. The summed E-state index contributed by atoms with van der Waals surface area (Å²) < 4.78 is 4.37.